The normalized spacial score (nSPS) is 11.2. The summed E-state index contributed by atoms with van der Waals surface area (Å²) in [6, 6.07) is 18.6. The summed E-state index contributed by atoms with van der Waals surface area (Å²) in [4.78, 5) is 18.9. The van der Waals surface area contributed by atoms with Crippen LogP contribution in [0.25, 0.3) is 5.69 Å². The van der Waals surface area contributed by atoms with Crippen LogP contribution in [0.5, 0.6) is 0 Å². The predicted molar refractivity (Wildman–Crippen MR) is 138 cm³/mol. The second-order valence-electron chi connectivity index (χ2n) is 8.16. The van der Waals surface area contributed by atoms with Gasteiger partial charge in [-0.25, -0.2) is 4.98 Å². The molecule has 2 aromatic heterocycles. The maximum atomic E-state index is 12.3. The fourth-order valence-electron chi connectivity index (χ4n) is 3.43. The molecule has 2 aromatic carbocycles. The van der Waals surface area contributed by atoms with E-state index in [1.54, 1.807) is 11.8 Å². The number of carbonyl (C=O) groups is 1. The minimum absolute atomic E-state index is 0.137. The molecule has 0 unspecified atom stereocenters. The minimum atomic E-state index is -0.137. The molecule has 0 aliphatic heterocycles. The first-order valence-electron chi connectivity index (χ1n) is 11.1. The minimum Gasteiger partial charge on any atom is -0.349 e. The van der Waals surface area contributed by atoms with Gasteiger partial charge in [-0.1, -0.05) is 60.3 Å². The van der Waals surface area contributed by atoms with Crippen molar-refractivity contribution >= 4 is 29.0 Å². The molecule has 7 nitrogen and oxygen atoms in total. The molecule has 0 saturated heterocycles. The van der Waals surface area contributed by atoms with Gasteiger partial charge in [0.05, 0.1) is 11.4 Å². The number of thioether (sulfide) groups is 1. The zero-order valence-corrected chi connectivity index (χ0v) is 21.2. The molecule has 34 heavy (non-hydrogen) atoms. The van der Waals surface area contributed by atoms with Crippen molar-refractivity contribution in [3.63, 3.8) is 0 Å². The fourth-order valence-corrected chi connectivity index (χ4v) is 5.19. The van der Waals surface area contributed by atoms with Crippen LogP contribution in [0, 0.1) is 6.92 Å². The van der Waals surface area contributed by atoms with E-state index in [1.165, 1.54) is 16.9 Å². The van der Waals surface area contributed by atoms with Gasteiger partial charge in [-0.3, -0.25) is 9.36 Å². The number of hydrogen-bond acceptors (Lipinski definition) is 7. The molecule has 0 saturated carbocycles. The van der Waals surface area contributed by atoms with Crippen molar-refractivity contribution in [3.8, 4) is 5.69 Å². The van der Waals surface area contributed by atoms with Crippen LogP contribution in [-0.4, -0.2) is 57.7 Å². The van der Waals surface area contributed by atoms with Gasteiger partial charge < -0.3 is 10.2 Å². The number of aryl methyl sites for hydroxylation is 1. The first kappa shape index (κ1) is 24.1. The first-order chi connectivity index (χ1) is 16.5. The van der Waals surface area contributed by atoms with E-state index in [9.17, 15) is 4.79 Å². The van der Waals surface area contributed by atoms with Crippen molar-refractivity contribution in [2.75, 3.05) is 27.2 Å². The summed E-state index contributed by atoms with van der Waals surface area (Å²) in [5.74, 6) is 1.37. The summed E-state index contributed by atoms with van der Waals surface area (Å²) >= 11 is 3.07. The Hall–Kier alpha value is -3.01. The van der Waals surface area contributed by atoms with Crippen LogP contribution in [0.2, 0.25) is 0 Å². The highest BCUT2D eigenvalue weighted by Gasteiger charge is 2.18. The number of hydrogen-bond donors (Lipinski definition) is 1. The molecular formula is C25H28N6OS2. The zero-order valence-electron chi connectivity index (χ0n) is 19.6. The maximum absolute atomic E-state index is 12.3. The third-order valence-electron chi connectivity index (χ3n) is 5.22. The first-order valence-corrected chi connectivity index (χ1v) is 12.9. The number of thiazole rings is 1. The Morgan fingerprint density at radius 2 is 1.85 bits per heavy atom. The summed E-state index contributed by atoms with van der Waals surface area (Å²) in [5, 5.41) is 15.5. The van der Waals surface area contributed by atoms with Gasteiger partial charge >= 0.3 is 0 Å². The number of likely N-dealkylation sites (N-methyl/N-ethyl adjacent to an activating group) is 1. The molecule has 4 rings (SSSR count). The molecule has 0 aliphatic rings. The van der Waals surface area contributed by atoms with E-state index >= 15 is 0 Å². The molecule has 0 spiro atoms. The largest absolute Gasteiger partial charge is 0.349 e. The Bertz CT molecular complexity index is 1240. The van der Waals surface area contributed by atoms with Gasteiger partial charge in [0.2, 0.25) is 0 Å². The summed E-state index contributed by atoms with van der Waals surface area (Å²) in [7, 11) is 3.95. The van der Waals surface area contributed by atoms with Crippen molar-refractivity contribution in [1.82, 2.24) is 30.0 Å². The molecule has 1 amide bonds. The molecule has 176 valence electrons. The lowest BCUT2D eigenvalue weighted by Crippen LogP contribution is -2.31. The van der Waals surface area contributed by atoms with Gasteiger partial charge in [0, 0.05) is 24.9 Å². The second kappa shape index (κ2) is 11.4. The number of nitrogens with one attached hydrogen (secondary N) is 1. The third-order valence-corrected chi connectivity index (χ3v) is 7.19. The Morgan fingerprint density at radius 1 is 1.09 bits per heavy atom. The lowest BCUT2D eigenvalue weighted by molar-refractivity contribution is 0.0946. The van der Waals surface area contributed by atoms with Crippen molar-refractivity contribution in [3.05, 3.63) is 87.6 Å². The Kier molecular flexibility index (Phi) is 8.10. The smallest absolute Gasteiger partial charge is 0.270 e. The predicted octanol–water partition coefficient (Wildman–Crippen LogP) is 4.21. The molecule has 1 N–H and O–H groups in total. The van der Waals surface area contributed by atoms with Crippen LogP contribution in [0.4, 0.5) is 0 Å². The standard InChI is InChI=1S/C25H28N6OS2/c1-18-9-7-8-12-21(18)31-22(15-19-10-5-4-6-11-19)28-29-25(31)34-17-23-27-20(16-33-23)24(32)26-13-14-30(2)3/h4-12,16H,13-15,17H2,1-3H3,(H,26,32). The Labute approximate surface area is 208 Å². The topological polar surface area (TPSA) is 75.9 Å². The lowest BCUT2D eigenvalue weighted by Gasteiger charge is -2.12. The quantitative estimate of drug-likeness (QED) is 0.334. The number of rotatable bonds is 10. The number of aromatic nitrogens is 4. The average Bonchev–Trinajstić information content (AvgIpc) is 3.46. The molecule has 0 radical (unpaired) electrons. The van der Waals surface area contributed by atoms with Crippen molar-refractivity contribution < 1.29 is 4.79 Å². The van der Waals surface area contributed by atoms with Crippen LogP contribution < -0.4 is 5.32 Å². The summed E-state index contributed by atoms with van der Waals surface area (Å²) in [5.41, 5.74) is 3.88. The second-order valence-corrected chi connectivity index (χ2v) is 10.0. The number of carbonyl (C=O) groups excluding carboxylic acids is 1. The summed E-state index contributed by atoms with van der Waals surface area (Å²) < 4.78 is 2.13. The van der Waals surface area contributed by atoms with E-state index in [2.05, 4.69) is 56.3 Å². The van der Waals surface area contributed by atoms with Crippen molar-refractivity contribution in [2.45, 2.75) is 24.3 Å². The Morgan fingerprint density at radius 3 is 2.62 bits per heavy atom. The summed E-state index contributed by atoms with van der Waals surface area (Å²) in [6.07, 6.45) is 0.692. The number of para-hydroxylation sites is 1. The lowest BCUT2D eigenvalue weighted by atomic mass is 10.1. The van der Waals surface area contributed by atoms with E-state index < -0.39 is 0 Å². The van der Waals surface area contributed by atoms with Gasteiger partial charge in [-0.15, -0.1) is 21.5 Å². The van der Waals surface area contributed by atoms with Crippen LogP contribution in [0.3, 0.4) is 0 Å². The fraction of sp³-hybridized carbons (Fsp3) is 0.280. The van der Waals surface area contributed by atoms with E-state index in [-0.39, 0.29) is 5.91 Å². The SMILES string of the molecule is Cc1ccccc1-n1c(Cc2ccccc2)nnc1SCc1nc(C(=O)NCCN(C)C)cs1. The highest BCUT2D eigenvalue weighted by Crippen LogP contribution is 2.28. The van der Waals surface area contributed by atoms with Gasteiger partial charge in [0.15, 0.2) is 5.16 Å². The van der Waals surface area contributed by atoms with Gasteiger partial charge in [-0.05, 0) is 38.2 Å². The maximum Gasteiger partial charge on any atom is 0.270 e. The molecule has 0 fully saturated rings. The van der Waals surface area contributed by atoms with Crippen LogP contribution in [-0.2, 0) is 12.2 Å². The number of benzene rings is 2. The van der Waals surface area contributed by atoms with Gasteiger partial charge in [0.25, 0.3) is 5.91 Å². The monoisotopic (exact) mass is 492 g/mol. The summed E-state index contributed by atoms with van der Waals surface area (Å²) in [6.45, 7) is 3.48. The molecule has 4 aromatic rings. The van der Waals surface area contributed by atoms with E-state index in [0.717, 1.165) is 33.8 Å². The van der Waals surface area contributed by atoms with Crippen LogP contribution in [0.15, 0.2) is 65.1 Å². The molecule has 0 atom stereocenters. The van der Waals surface area contributed by atoms with E-state index in [1.807, 2.05) is 54.7 Å². The van der Waals surface area contributed by atoms with Gasteiger partial charge in [-0.2, -0.15) is 0 Å². The molecular weight excluding hydrogens is 464 g/mol. The highest BCUT2D eigenvalue weighted by atomic mass is 32.2. The average molecular weight is 493 g/mol. The molecule has 9 heteroatoms. The highest BCUT2D eigenvalue weighted by molar-refractivity contribution is 7.98. The van der Waals surface area contributed by atoms with E-state index in [4.69, 9.17) is 0 Å². The molecule has 0 bridgehead atoms. The third kappa shape index (κ3) is 6.11. The van der Waals surface area contributed by atoms with Crippen molar-refractivity contribution in [2.24, 2.45) is 0 Å². The van der Waals surface area contributed by atoms with Crippen LogP contribution in [0.1, 0.15) is 32.4 Å². The Balaban J connectivity index is 1.51. The van der Waals surface area contributed by atoms with Crippen molar-refractivity contribution in [1.29, 1.82) is 0 Å². The van der Waals surface area contributed by atoms with E-state index in [0.29, 0.717) is 24.4 Å². The molecule has 2 heterocycles. The van der Waals surface area contributed by atoms with Crippen LogP contribution >= 0.6 is 23.1 Å². The zero-order chi connectivity index (χ0) is 23.9. The molecule has 0 aliphatic carbocycles. The number of amides is 1. The van der Waals surface area contributed by atoms with Gasteiger partial charge in [0.1, 0.15) is 16.5 Å². The number of nitrogens with zero attached hydrogens (tertiary/aromatic N) is 5.